The van der Waals surface area contributed by atoms with Crippen LogP contribution in [0.3, 0.4) is 0 Å². The molecule has 0 aliphatic rings. The molecule has 0 aliphatic heterocycles. The van der Waals surface area contributed by atoms with Crippen molar-refractivity contribution in [2.45, 2.75) is 13.0 Å². The Labute approximate surface area is 128 Å². The van der Waals surface area contributed by atoms with Gasteiger partial charge < -0.3 is 11.1 Å². The van der Waals surface area contributed by atoms with Crippen molar-refractivity contribution < 1.29 is 4.39 Å². The quantitative estimate of drug-likeness (QED) is 0.718. The van der Waals surface area contributed by atoms with Crippen molar-refractivity contribution in [2.24, 2.45) is 0 Å². The first-order chi connectivity index (χ1) is 8.97. The summed E-state index contributed by atoms with van der Waals surface area (Å²) in [6, 6.07) is 10.9. The predicted molar refractivity (Wildman–Crippen MR) is 84.7 cm³/mol. The normalized spacial score (nSPS) is 12.2. The van der Waals surface area contributed by atoms with Gasteiger partial charge in [0.05, 0.1) is 15.8 Å². The Hall–Kier alpha value is -1.07. The van der Waals surface area contributed by atoms with Crippen molar-refractivity contribution in [3.8, 4) is 0 Å². The summed E-state index contributed by atoms with van der Waals surface area (Å²) < 4.78 is 14.9. The highest BCUT2D eigenvalue weighted by Crippen LogP contribution is 2.29. The number of hydrogen-bond acceptors (Lipinski definition) is 2. The maximum Gasteiger partial charge on any atom is 0.139 e. The fourth-order valence-corrected chi connectivity index (χ4v) is 2.56. The second-order valence-electron chi connectivity index (χ2n) is 4.27. The van der Waals surface area contributed by atoms with Gasteiger partial charge in [-0.25, -0.2) is 4.39 Å². The summed E-state index contributed by atoms with van der Waals surface area (Å²) in [7, 11) is 0. The number of hydrogen-bond donors (Lipinski definition) is 2. The molecule has 0 amide bonds. The third-order valence-corrected chi connectivity index (χ3v) is 3.91. The third kappa shape index (κ3) is 3.48. The molecule has 2 rings (SSSR count). The summed E-state index contributed by atoms with van der Waals surface area (Å²) in [6.07, 6.45) is 0. The molecule has 19 heavy (non-hydrogen) atoms. The van der Waals surface area contributed by atoms with E-state index < -0.39 is 0 Å². The summed E-state index contributed by atoms with van der Waals surface area (Å²) in [4.78, 5) is 0. The second-order valence-corrected chi connectivity index (χ2v) is 6.04. The van der Waals surface area contributed by atoms with E-state index in [4.69, 9.17) is 5.73 Å². The van der Waals surface area contributed by atoms with Crippen molar-refractivity contribution in [1.29, 1.82) is 0 Å². The van der Waals surface area contributed by atoms with Gasteiger partial charge in [-0.2, -0.15) is 0 Å². The van der Waals surface area contributed by atoms with Gasteiger partial charge in [0.1, 0.15) is 5.82 Å². The van der Waals surface area contributed by atoms with Crippen LogP contribution in [0.2, 0.25) is 0 Å². The number of benzene rings is 2. The molecular weight excluding hydrogens is 375 g/mol. The summed E-state index contributed by atoms with van der Waals surface area (Å²) in [5.74, 6) is -0.335. The average molecular weight is 388 g/mol. The monoisotopic (exact) mass is 386 g/mol. The highest BCUT2D eigenvalue weighted by atomic mass is 79.9. The first-order valence-corrected chi connectivity index (χ1v) is 7.32. The van der Waals surface area contributed by atoms with Crippen LogP contribution in [0, 0.1) is 5.82 Å². The Balaban J connectivity index is 2.24. The summed E-state index contributed by atoms with van der Waals surface area (Å²) in [5.41, 5.74) is 8.07. The van der Waals surface area contributed by atoms with Crippen LogP contribution in [0.5, 0.6) is 0 Å². The molecule has 0 saturated heterocycles. The zero-order valence-electron chi connectivity index (χ0n) is 10.3. The zero-order chi connectivity index (χ0) is 14.0. The van der Waals surface area contributed by atoms with E-state index in [2.05, 4.69) is 37.2 Å². The van der Waals surface area contributed by atoms with Gasteiger partial charge in [0, 0.05) is 16.6 Å². The summed E-state index contributed by atoms with van der Waals surface area (Å²) >= 11 is 6.54. The van der Waals surface area contributed by atoms with Crippen LogP contribution in [0.25, 0.3) is 0 Å². The third-order valence-electron chi connectivity index (χ3n) is 2.81. The first kappa shape index (κ1) is 14.3. The smallest absolute Gasteiger partial charge is 0.139 e. The Morgan fingerprint density at radius 2 is 1.95 bits per heavy atom. The predicted octanol–water partition coefficient (Wildman–Crippen LogP) is 5.11. The van der Waals surface area contributed by atoms with Gasteiger partial charge in [0.2, 0.25) is 0 Å². The Morgan fingerprint density at radius 1 is 1.21 bits per heavy atom. The van der Waals surface area contributed by atoms with Crippen LogP contribution in [0.1, 0.15) is 18.5 Å². The van der Waals surface area contributed by atoms with E-state index in [0.29, 0.717) is 15.8 Å². The van der Waals surface area contributed by atoms with Crippen LogP contribution in [0.15, 0.2) is 45.3 Å². The molecule has 3 N–H and O–H groups in total. The topological polar surface area (TPSA) is 38.0 Å². The summed E-state index contributed by atoms with van der Waals surface area (Å²) in [6.45, 7) is 2.00. The number of nitrogen functional groups attached to an aromatic ring is 1. The van der Waals surface area contributed by atoms with Crippen molar-refractivity contribution in [2.75, 3.05) is 11.1 Å². The van der Waals surface area contributed by atoms with Crippen LogP contribution in [-0.4, -0.2) is 0 Å². The lowest BCUT2D eigenvalue weighted by Gasteiger charge is -2.18. The van der Waals surface area contributed by atoms with E-state index in [1.807, 2.05) is 31.2 Å². The largest absolute Gasteiger partial charge is 0.397 e. The molecule has 2 aromatic rings. The lowest BCUT2D eigenvalue weighted by molar-refractivity contribution is 0.621. The molecule has 0 saturated carbocycles. The Morgan fingerprint density at radius 3 is 2.63 bits per heavy atom. The molecule has 2 nitrogen and oxygen atoms in total. The summed E-state index contributed by atoms with van der Waals surface area (Å²) in [5, 5.41) is 3.22. The van der Waals surface area contributed by atoms with Gasteiger partial charge in [0.15, 0.2) is 0 Å². The standard InChI is InChI=1S/C14H13Br2FN2/c1-8(9-3-2-4-10(15)5-9)19-14-7-12(17)11(16)6-13(14)18/h2-8,19H,18H2,1H3. The van der Waals surface area contributed by atoms with Crippen molar-refractivity contribution in [3.05, 3.63) is 56.7 Å². The van der Waals surface area contributed by atoms with Crippen LogP contribution in [-0.2, 0) is 0 Å². The molecule has 0 fully saturated rings. The Kier molecular flexibility index (Phi) is 4.47. The van der Waals surface area contributed by atoms with Crippen molar-refractivity contribution in [1.82, 2.24) is 0 Å². The molecule has 0 heterocycles. The molecule has 0 radical (unpaired) electrons. The molecule has 5 heteroatoms. The van der Waals surface area contributed by atoms with E-state index in [9.17, 15) is 4.39 Å². The van der Waals surface area contributed by atoms with E-state index in [1.54, 1.807) is 6.07 Å². The first-order valence-electron chi connectivity index (χ1n) is 5.74. The van der Waals surface area contributed by atoms with Gasteiger partial charge in [-0.1, -0.05) is 28.1 Å². The second kappa shape index (κ2) is 5.92. The number of rotatable bonds is 3. The number of halogens is 3. The molecule has 0 aromatic heterocycles. The molecule has 0 bridgehead atoms. The van der Waals surface area contributed by atoms with Gasteiger partial charge >= 0.3 is 0 Å². The van der Waals surface area contributed by atoms with E-state index in [1.165, 1.54) is 6.07 Å². The number of anilines is 2. The Bertz CT molecular complexity index is 602. The molecule has 100 valence electrons. The highest BCUT2D eigenvalue weighted by Gasteiger charge is 2.10. The molecule has 1 unspecified atom stereocenters. The number of nitrogens with one attached hydrogen (secondary N) is 1. The van der Waals surface area contributed by atoms with Crippen LogP contribution in [0.4, 0.5) is 15.8 Å². The molecule has 2 aromatic carbocycles. The number of nitrogens with two attached hydrogens (primary N) is 1. The SMILES string of the molecule is CC(Nc1cc(F)c(Br)cc1N)c1cccc(Br)c1. The average Bonchev–Trinajstić information content (AvgIpc) is 2.36. The zero-order valence-corrected chi connectivity index (χ0v) is 13.4. The maximum atomic E-state index is 13.5. The van der Waals surface area contributed by atoms with E-state index in [-0.39, 0.29) is 11.9 Å². The lowest BCUT2D eigenvalue weighted by Crippen LogP contribution is -2.08. The fraction of sp³-hybridized carbons (Fsp3) is 0.143. The van der Waals surface area contributed by atoms with E-state index >= 15 is 0 Å². The minimum atomic E-state index is -0.335. The fourth-order valence-electron chi connectivity index (χ4n) is 1.78. The van der Waals surface area contributed by atoms with Crippen molar-refractivity contribution in [3.63, 3.8) is 0 Å². The highest BCUT2D eigenvalue weighted by molar-refractivity contribution is 9.10. The maximum absolute atomic E-state index is 13.5. The molecular formula is C14H13Br2FN2. The van der Waals surface area contributed by atoms with E-state index in [0.717, 1.165) is 10.0 Å². The minimum Gasteiger partial charge on any atom is -0.397 e. The molecule has 0 spiro atoms. The van der Waals surface area contributed by atoms with Gasteiger partial charge in [-0.3, -0.25) is 0 Å². The van der Waals surface area contributed by atoms with Gasteiger partial charge in [0.25, 0.3) is 0 Å². The van der Waals surface area contributed by atoms with Gasteiger partial charge in [-0.15, -0.1) is 0 Å². The molecule has 0 aliphatic carbocycles. The minimum absolute atomic E-state index is 0.0281. The van der Waals surface area contributed by atoms with Gasteiger partial charge in [-0.05, 0) is 46.6 Å². The van der Waals surface area contributed by atoms with Crippen molar-refractivity contribution >= 4 is 43.2 Å². The lowest BCUT2D eigenvalue weighted by atomic mass is 10.1. The van der Waals surface area contributed by atoms with Crippen LogP contribution < -0.4 is 11.1 Å². The van der Waals surface area contributed by atoms with Crippen LogP contribution >= 0.6 is 31.9 Å². The molecule has 1 atom stereocenters.